The Balaban J connectivity index is 0.000000260. The normalized spacial score (nSPS) is 11.1. The van der Waals surface area contributed by atoms with Crippen molar-refractivity contribution < 1.29 is 20.1 Å². The Bertz CT molecular complexity index is 2160. The summed E-state index contributed by atoms with van der Waals surface area (Å²) in [6.07, 6.45) is 1.75. The number of fused-ring (bicyclic) bond motifs is 3. The molecule has 5 aromatic carbocycles. The van der Waals surface area contributed by atoms with Crippen LogP contribution in [-0.2, 0) is 20.1 Å². The molecular formula is C41H36IrN5. The van der Waals surface area contributed by atoms with Gasteiger partial charge in [-0.05, 0) is 56.8 Å². The fourth-order valence-corrected chi connectivity index (χ4v) is 5.79. The summed E-state index contributed by atoms with van der Waals surface area (Å²) in [6.45, 7) is 7.68. The smallest absolute Gasteiger partial charge is 0.808 e. The maximum absolute atomic E-state index is 9.56. The first kappa shape index (κ1) is 33.3. The zero-order valence-electron chi connectivity index (χ0n) is 27.2. The summed E-state index contributed by atoms with van der Waals surface area (Å²) < 4.78 is 4.23. The minimum Gasteiger partial charge on any atom is -0.808 e. The molecule has 6 heteroatoms. The Hall–Kier alpha value is -5.03. The van der Waals surface area contributed by atoms with Crippen molar-refractivity contribution in [1.82, 2.24) is 14.3 Å². The van der Waals surface area contributed by atoms with Gasteiger partial charge in [-0.1, -0.05) is 72.8 Å². The van der Waals surface area contributed by atoms with Crippen LogP contribution in [0.4, 0.5) is 5.69 Å². The molecule has 0 aliphatic heterocycles. The fraction of sp³-hybridized carbons (Fsp3) is 0.122. The van der Waals surface area contributed by atoms with E-state index in [0.717, 1.165) is 45.3 Å². The van der Waals surface area contributed by atoms with Crippen molar-refractivity contribution in [1.29, 1.82) is 0 Å². The first-order valence-electron chi connectivity index (χ1n) is 15.4. The number of aromatic nitrogens is 3. The van der Waals surface area contributed by atoms with Gasteiger partial charge in [0.25, 0.3) is 0 Å². The second-order valence-electron chi connectivity index (χ2n) is 11.5. The van der Waals surface area contributed by atoms with Crippen molar-refractivity contribution in [3.05, 3.63) is 162 Å². The SMILES string of the molecule is CC(=[N-])/C=C(/C)N(C)c1[c-]cc(-c2ccc3c4ccccc4n(-c4ccccc4)c3c2)cc1.Cc1cc(C)n(-c2[c-]cccc2)n1.[Ir+3]. The molecule has 5 nitrogen and oxygen atoms in total. The van der Waals surface area contributed by atoms with E-state index in [1.807, 2.05) is 73.8 Å². The molecule has 0 saturated heterocycles. The van der Waals surface area contributed by atoms with E-state index in [2.05, 4.69) is 107 Å². The quantitative estimate of drug-likeness (QED) is 0.125. The van der Waals surface area contributed by atoms with Crippen LogP contribution >= 0.6 is 0 Å². The maximum Gasteiger partial charge on any atom is 3.00 e. The summed E-state index contributed by atoms with van der Waals surface area (Å²) in [6, 6.07) is 48.4. The first-order chi connectivity index (χ1) is 22.3. The maximum atomic E-state index is 9.56. The Morgan fingerprint density at radius 1 is 0.766 bits per heavy atom. The van der Waals surface area contributed by atoms with Gasteiger partial charge in [0.15, 0.2) is 0 Å². The van der Waals surface area contributed by atoms with Crippen molar-refractivity contribution in [2.75, 3.05) is 11.9 Å². The number of nitrogens with zero attached hydrogens (tertiary/aromatic N) is 5. The molecule has 47 heavy (non-hydrogen) atoms. The molecule has 234 valence electrons. The minimum atomic E-state index is 0. The fourth-order valence-electron chi connectivity index (χ4n) is 5.79. The molecule has 7 rings (SSSR count). The molecular weight excluding hydrogens is 755 g/mol. The van der Waals surface area contributed by atoms with E-state index in [1.54, 1.807) is 13.0 Å². The van der Waals surface area contributed by atoms with Gasteiger partial charge in [-0.2, -0.15) is 53.3 Å². The zero-order chi connectivity index (χ0) is 32.2. The number of aryl methyl sites for hydroxylation is 2. The molecule has 0 radical (unpaired) electrons. The number of hydrogen-bond acceptors (Lipinski definition) is 2. The molecule has 0 amide bonds. The summed E-state index contributed by atoms with van der Waals surface area (Å²) in [4.78, 5) is 2.01. The summed E-state index contributed by atoms with van der Waals surface area (Å²) in [5.74, 6) is 0. The molecule has 0 saturated carbocycles. The van der Waals surface area contributed by atoms with E-state index in [4.69, 9.17) is 0 Å². The predicted molar refractivity (Wildman–Crippen MR) is 193 cm³/mol. The summed E-state index contributed by atoms with van der Waals surface area (Å²) in [5, 5.41) is 16.4. The monoisotopic (exact) mass is 791 g/mol. The van der Waals surface area contributed by atoms with E-state index < -0.39 is 0 Å². The van der Waals surface area contributed by atoms with Gasteiger partial charge in [-0.3, -0.25) is 4.68 Å². The number of hydrogen-bond donors (Lipinski definition) is 0. The zero-order valence-corrected chi connectivity index (χ0v) is 29.6. The van der Waals surface area contributed by atoms with Gasteiger partial charge in [-0.15, -0.1) is 17.7 Å². The van der Waals surface area contributed by atoms with Crippen molar-refractivity contribution in [2.24, 2.45) is 0 Å². The third kappa shape index (κ3) is 7.20. The molecule has 0 spiro atoms. The molecule has 2 aromatic heterocycles. The average molecular weight is 791 g/mol. The van der Waals surface area contributed by atoms with Gasteiger partial charge in [-0.25, -0.2) is 0 Å². The minimum absolute atomic E-state index is 0. The Morgan fingerprint density at radius 2 is 1.47 bits per heavy atom. The molecule has 7 aromatic rings. The largest absolute Gasteiger partial charge is 3.00 e. The second kappa shape index (κ2) is 14.6. The second-order valence-corrected chi connectivity index (χ2v) is 11.5. The van der Waals surface area contributed by atoms with Crippen LogP contribution in [-0.4, -0.2) is 27.1 Å². The van der Waals surface area contributed by atoms with Crippen LogP contribution in [0.5, 0.6) is 0 Å². The van der Waals surface area contributed by atoms with Gasteiger partial charge in [0.2, 0.25) is 0 Å². The van der Waals surface area contributed by atoms with Crippen molar-refractivity contribution in [3.63, 3.8) is 0 Å². The average Bonchev–Trinajstić information content (AvgIpc) is 3.60. The Morgan fingerprint density at radius 3 is 2.13 bits per heavy atom. The standard InChI is InChI=1S/C30H25N3.C11H11N2.Ir/c1-21(31)19-22(2)32(3)25-16-13-23(14-17-25)24-15-18-28-27-11-7-8-12-29(27)33(30(28)20-24)26-9-5-4-6-10-26;1-9-8-10(2)13(12-9)11-6-4-3-5-7-11;/h4-16,18-20H,1-3H3;3-6,8H,1-2H3;/q-2;-1;+3/b22-19-;;. The van der Waals surface area contributed by atoms with Crippen LogP contribution in [0.15, 0.2) is 133 Å². The molecule has 2 heterocycles. The van der Waals surface area contributed by atoms with Gasteiger partial charge in [0.05, 0.1) is 16.7 Å². The first-order valence-corrected chi connectivity index (χ1v) is 15.4. The van der Waals surface area contributed by atoms with Crippen LogP contribution in [0.2, 0.25) is 0 Å². The molecule has 0 N–H and O–H groups in total. The van der Waals surface area contributed by atoms with Gasteiger partial charge in [0.1, 0.15) is 0 Å². The topological polar surface area (TPSA) is 48.3 Å². The summed E-state index contributed by atoms with van der Waals surface area (Å²) in [7, 11) is 1.98. The number of allylic oxidation sites excluding steroid dienone is 2. The van der Waals surface area contributed by atoms with E-state index in [0.29, 0.717) is 0 Å². The number of rotatable bonds is 6. The van der Waals surface area contributed by atoms with Gasteiger partial charge in [0, 0.05) is 34.9 Å². The van der Waals surface area contributed by atoms with Gasteiger partial charge < -0.3 is 14.9 Å². The molecule has 0 atom stereocenters. The van der Waals surface area contributed by atoms with Crippen molar-refractivity contribution >= 4 is 33.2 Å². The summed E-state index contributed by atoms with van der Waals surface area (Å²) >= 11 is 0. The van der Waals surface area contributed by atoms with Crippen molar-refractivity contribution in [3.8, 4) is 22.5 Å². The number of para-hydroxylation sites is 3. The summed E-state index contributed by atoms with van der Waals surface area (Å²) in [5.41, 5.74) is 11.2. The van der Waals surface area contributed by atoms with Crippen LogP contribution in [0.3, 0.4) is 0 Å². The van der Waals surface area contributed by atoms with Crippen LogP contribution < -0.4 is 4.90 Å². The van der Waals surface area contributed by atoms with E-state index in [9.17, 15) is 5.41 Å². The molecule has 0 aliphatic carbocycles. The third-order valence-corrected chi connectivity index (χ3v) is 8.06. The van der Waals surface area contributed by atoms with E-state index >= 15 is 0 Å². The predicted octanol–water partition coefficient (Wildman–Crippen LogP) is 9.91. The number of benzene rings is 5. The number of anilines is 1. The van der Waals surface area contributed by atoms with Gasteiger partial charge >= 0.3 is 20.1 Å². The molecule has 0 unspecified atom stereocenters. The Kier molecular flexibility index (Phi) is 10.4. The third-order valence-electron chi connectivity index (χ3n) is 8.06. The van der Waals surface area contributed by atoms with Crippen LogP contribution in [0.25, 0.3) is 49.7 Å². The molecule has 0 bridgehead atoms. The van der Waals surface area contributed by atoms with E-state index in [1.165, 1.54) is 21.8 Å². The van der Waals surface area contributed by atoms with E-state index in [-0.39, 0.29) is 25.8 Å². The Labute approximate surface area is 290 Å². The molecule has 0 aliphatic rings. The molecule has 0 fully saturated rings. The van der Waals surface area contributed by atoms with Crippen molar-refractivity contribution in [2.45, 2.75) is 27.7 Å². The van der Waals surface area contributed by atoms with Crippen LogP contribution in [0, 0.1) is 26.0 Å². The van der Waals surface area contributed by atoms with Crippen LogP contribution in [0.1, 0.15) is 25.2 Å².